The van der Waals surface area contributed by atoms with E-state index in [1.54, 1.807) is 0 Å². The Morgan fingerprint density at radius 1 is 0.961 bits per heavy atom. The first-order valence-electron chi connectivity index (χ1n) is 16.6. The predicted octanol–water partition coefficient (Wildman–Crippen LogP) is 3.64. The molecule has 13 nitrogen and oxygen atoms in total. The van der Waals surface area contributed by atoms with Gasteiger partial charge in [0.2, 0.25) is 5.91 Å². The number of ether oxygens (including phenoxy) is 4. The maximum atomic E-state index is 15.1. The molecule has 1 saturated heterocycles. The summed E-state index contributed by atoms with van der Waals surface area (Å²) in [6.07, 6.45) is -3.05. The van der Waals surface area contributed by atoms with Crippen LogP contribution in [0.3, 0.4) is 0 Å². The number of aliphatic hydroxyl groups excluding tert-OH is 1. The summed E-state index contributed by atoms with van der Waals surface area (Å²) >= 11 is 0. The number of nitrogens with zero attached hydrogens (tertiary/aromatic N) is 2. The highest BCUT2D eigenvalue weighted by molar-refractivity contribution is 7.89. The van der Waals surface area contributed by atoms with Gasteiger partial charge >= 0.3 is 0 Å². The molecule has 0 aromatic heterocycles. The second kappa shape index (κ2) is 15.2. The maximum Gasteiger partial charge on any atom is 0.269 e. The third kappa shape index (κ3) is 6.77. The Balaban J connectivity index is 1.71. The standard InChI is InChI=1S/C36H46N2O11SSi/c1-35(2,3)51(28-13-9-7-10-14-28,29-15-11-8-12-16-29)49-23-36-30(48-24-45-4)21-25(22-31(46-5)47-6)32(36)33(39)37(34(36)40)50(43,44)27-19-17-26(18-20-27)38(41)42/h7-20,25,30-33,39H,21-24H2,1-6H3/t25-,30-,32-,33?,36-/m0/s1. The van der Waals surface area contributed by atoms with Gasteiger partial charge in [0.15, 0.2) is 6.29 Å². The van der Waals surface area contributed by atoms with Gasteiger partial charge in [-0.15, -0.1) is 0 Å². The van der Waals surface area contributed by atoms with Gasteiger partial charge in [0, 0.05) is 45.8 Å². The molecule has 3 aromatic carbocycles. The Hall–Kier alpha value is -3.54. The van der Waals surface area contributed by atoms with Crippen LogP contribution in [0.4, 0.5) is 5.69 Å². The average molecular weight is 743 g/mol. The number of nitro groups is 1. The van der Waals surface area contributed by atoms with Crippen LogP contribution < -0.4 is 10.4 Å². The topological polar surface area (TPSA) is 164 Å². The molecule has 1 aliphatic carbocycles. The van der Waals surface area contributed by atoms with Gasteiger partial charge in [-0.3, -0.25) is 14.9 Å². The molecule has 15 heteroatoms. The summed E-state index contributed by atoms with van der Waals surface area (Å²) in [5.41, 5.74) is -2.04. The minimum absolute atomic E-state index is 0.207. The van der Waals surface area contributed by atoms with E-state index in [0.29, 0.717) is 4.31 Å². The highest BCUT2D eigenvalue weighted by atomic mass is 32.2. The van der Waals surface area contributed by atoms with E-state index in [1.165, 1.54) is 21.3 Å². The van der Waals surface area contributed by atoms with Crippen molar-refractivity contribution in [2.75, 3.05) is 34.7 Å². The molecule has 0 radical (unpaired) electrons. The van der Waals surface area contributed by atoms with Crippen LogP contribution in [0.25, 0.3) is 0 Å². The Morgan fingerprint density at radius 2 is 1.51 bits per heavy atom. The molecule has 5 atom stereocenters. The van der Waals surface area contributed by atoms with Crippen LogP contribution in [0.1, 0.15) is 33.6 Å². The molecule has 1 unspecified atom stereocenters. The molecular formula is C36H46N2O11SSi. The largest absolute Gasteiger partial charge is 0.406 e. The van der Waals surface area contributed by atoms with Crippen LogP contribution in [0.5, 0.6) is 0 Å². The van der Waals surface area contributed by atoms with Crippen LogP contribution in [-0.4, -0.2) is 90.3 Å². The molecular weight excluding hydrogens is 697 g/mol. The average Bonchev–Trinajstić information content (AvgIpc) is 3.55. The number of carbonyl (C=O) groups excluding carboxylic acids is 1. The van der Waals surface area contributed by atoms with Crippen molar-refractivity contribution in [1.82, 2.24) is 4.31 Å². The molecule has 5 rings (SSSR count). The lowest BCUT2D eigenvalue weighted by Gasteiger charge is -2.45. The summed E-state index contributed by atoms with van der Waals surface area (Å²) in [5.74, 6) is -2.45. The quantitative estimate of drug-likeness (QED) is 0.105. The van der Waals surface area contributed by atoms with Crippen LogP contribution in [-0.2, 0) is 38.2 Å². The maximum absolute atomic E-state index is 15.1. The van der Waals surface area contributed by atoms with Crippen molar-refractivity contribution < 1.29 is 46.6 Å². The van der Waals surface area contributed by atoms with Crippen molar-refractivity contribution in [3.63, 3.8) is 0 Å². The summed E-state index contributed by atoms with van der Waals surface area (Å²) < 4.78 is 59.0. The van der Waals surface area contributed by atoms with Crippen molar-refractivity contribution in [2.45, 2.75) is 62.2 Å². The van der Waals surface area contributed by atoms with E-state index in [0.717, 1.165) is 34.6 Å². The zero-order valence-corrected chi connectivity index (χ0v) is 31.4. The number of nitro benzene ring substituents is 1. The summed E-state index contributed by atoms with van der Waals surface area (Å²) in [7, 11) is -3.66. The molecule has 2 fully saturated rings. The lowest BCUT2D eigenvalue weighted by Crippen LogP contribution is -2.68. The minimum Gasteiger partial charge on any atom is -0.406 e. The first kappa shape index (κ1) is 38.7. The molecule has 51 heavy (non-hydrogen) atoms. The first-order valence-corrected chi connectivity index (χ1v) is 20.0. The second-order valence-corrected chi connectivity index (χ2v) is 20.1. The lowest BCUT2D eigenvalue weighted by molar-refractivity contribution is -0.384. The molecule has 1 aliphatic heterocycles. The SMILES string of the molecule is COCO[C@H]1C[C@@H](CC(OC)OC)[C@H]2C(O)N(S(=O)(=O)c3ccc([N+](=O)[O-])cc3)C(=O)[C@@]12CO[Si](c1ccccc1)(c1ccccc1)C(C)(C)C. The summed E-state index contributed by atoms with van der Waals surface area (Å²) in [4.78, 5) is 25.4. The van der Waals surface area contributed by atoms with E-state index in [-0.39, 0.29) is 36.8 Å². The van der Waals surface area contributed by atoms with Gasteiger partial charge in [-0.1, -0.05) is 81.4 Å². The number of hydrogen-bond donors (Lipinski definition) is 1. The Labute approximate surface area is 299 Å². The predicted molar refractivity (Wildman–Crippen MR) is 190 cm³/mol. The smallest absolute Gasteiger partial charge is 0.269 e. The fraction of sp³-hybridized carbons (Fsp3) is 0.472. The fourth-order valence-corrected chi connectivity index (χ4v) is 14.1. The summed E-state index contributed by atoms with van der Waals surface area (Å²) in [6.45, 7) is 5.76. The van der Waals surface area contributed by atoms with Crippen molar-refractivity contribution in [2.24, 2.45) is 17.3 Å². The van der Waals surface area contributed by atoms with E-state index >= 15 is 4.79 Å². The van der Waals surface area contributed by atoms with E-state index in [2.05, 4.69) is 20.8 Å². The Morgan fingerprint density at radius 3 is 1.98 bits per heavy atom. The van der Waals surface area contributed by atoms with Crippen molar-refractivity contribution in [3.05, 3.63) is 95.0 Å². The molecule has 1 amide bonds. The number of amides is 1. The van der Waals surface area contributed by atoms with Gasteiger partial charge < -0.3 is 28.5 Å². The van der Waals surface area contributed by atoms with Crippen molar-refractivity contribution >= 4 is 40.3 Å². The Kier molecular flexibility index (Phi) is 11.5. The van der Waals surface area contributed by atoms with Gasteiger partial charge in [0.05, 0.1) is 22.5 Å². The van der Waals surface area contributed by atoms with Gasteiger partial charge in [0.25, 0.3) is 24.0 Å². The minimum atomic E-state index is -4.74. The number of hydrogen-bond acceptors (Lipinski definition) is 11. The molecule has 2 aliphatic rings. The van der Waals surface area contributed by atoms with Gasteiger partial charge in [-0.25, -0.2) is 12.7 Å². The van der Waals surface area contributed by atoms with E-state index in [9.17, 15) is 23.6 Å². The van der Waals surface area contributed by atoms with E-state index < -0.39 is 70.1 Å². The highest BCUT2D eigenvalue weighted by Gasteiger charge is 2.72. The molecule has 1 saturated carbocycles. The molecule has 1 N–H and O–H groups in total. The fourth-order valence-electron chi connectivity index (χ4n) is 8.02. The van der Waals surface area contributed by atoms with Crippen LogP contribution in [0.15, 0.2) is 89.8 Å². The normalized spacial score (nSPS) is 23.9. The van der Waals surface area contributed by atoms with Crippen molar-refractivity contribution in [1.29, 1.82) is 0 Å². The second-order valence-electron chi connectivity index (χ2n) is 14.0. The summed E-state index contributed by atoms with van der Waals surface area (Å²) in [5, 5.41) is 24.8. The van der Waals surface area contributed by atoms with E-state index in [1.807, 2.05) is 60.7 Å². The van der Waals surface area contributed by atoms with Gasteiger partial charge in [-0.2, -0.15) is 0 Å². The number of fused-ring (bicyclic) bond motifs is 1. The molecule has 276 valence electrons. The Bertz CT molecular complexity index is 1730. The van der Waals surface area contributed by atoms with Crippen LogP contribution >= 0.6 is 0 Å². The first-order chi connectivity index (χ1) is 24.2. The highest BCUT2D eigenvalue weighted by Crippen LogP contribution is 2.59. The molecule has 3 aromatic rings. The lowest BCUT2D eigenvalue weighted by atomic mass is 9.75. The molecule has 0 bridgehead atoms. The molecule has 1 heterocycles. The third-order valence-corrected chi connectivity index (χ3v) is 17.1. The monoisotopic (exact) mass is 742 g/mol. The number of non-ortho nitro benzene ring substituents is 1. The van der Waals surface area contributed by atoms with E-state index in [4.69, 9.17) is 23.4 Å². The number of carbonyl (C=O) groups is 1. The van der Waals surface area contributed by atoms with Gasteiger partial charge in [0.1, 0.15) is 18.4 Å². The van der Waals surface area contributed by atoms with Crippen LogP contribution in [0, 0.1) is 27.4 Å². The zero-order chi connectivity index (χ0) is 37.2. The van der Waals surface area contributed by atoms with Gasteiger partial charge in [-0.05, 0) is 39.9 Å². The number of aliphatic hydroxyl groups is 1. The summed E-state index contributed by atoms with van der Waals surface area (Å²) in [6, 6.07) is 23.8. The number of benzene rings is 3. The zero-order valence-electron chi connectivity index (χ0n) is 29.6. The van der Waals surface area contributed by atoms with Crippen molar-refractivity contribution in [3.8, 4) is 0 Å². The number of rotatable bonds is 15. The molecule has 0 spiro atoms. The number of methoxy groups -OCH3 is 3. The third-order valence-electron chi connectivity index (χ3n) is 10.3. The number of sulfonamides is 1. The van der Waals surface area contributed by atoms with Crippen LogP contribution in [0.2, 0.25) is 5.04 Å².